The number of carbonyl (C=O) groups is 1. The van der Waals surface area contributed by atoms with Crippen LogP contribution in [-0.2, 0) is 0 Å². The molecule has 1 aliphatic rings. The van der Waals surface area contributed by atoms with Crippen molar-refractivity contribution in [3.05, 3.63) is 29.8 Å². The summed E-state index contributed by atoms with van der Waals surface area (Å²) in [6, 6.07) is 6.75. The average Bonchev–Trinajstić information content (AvgIpc) is 3.13. The van der Waals surface area contributed by atoms with Crippen molar-refractivity contribution in [2.24, 2.45) is 5.92 Å². The first-order chi connectivity index (χ1) is 8.66. The molecule has 0 aliphatic heterocycles. The van der Waals surface area contributed by atoms with Gasteiger partial charge in [-0.05, 0) is 37.9 Å². The van der Waals surface area contributed by atoms with E-state index in [1.54, 1.807) is 24.3 Å². The molecular formula is C14H19NO3. The minimum absolute atomic E-state index is 0.224. The van der Waals surface area contributed by atoms with Gasteiger partial charge in [0.25, 0.3) is 0 Å². The van der Waals surface area contributed by atoms with Gasteiger partial charge in [0.05, 0.1) is 0 Å². The summed E-state index contributed by atoms with van der Waals surface area (Å²) in [6.45, 7) is 2.46. The molecule has 1 aromatic rings. The maximum atomic E-state index is 11.0. The van der Waals surface area contributed by atoms with Gasteiger partial charge in [-0.3, -0.25) is 0 Å². The normalized spacial score (nSPS) is 14.8. The number of para-hydroxylation sites is 1. The van der Waals surface area contributed by atoms with Crippen LogP contribution in [0.4, 0.5) is 0 Å². The second-order valence-corrected chi connectivity index (χ2v) is 4.86. The summed E-state index contributed by atoms with van der Waals surface area (Å²) in [6.07, 6.45) is 2.68. The summed E-state index contributed by atoms with van der Waals surface area (Å²) in [7, 11) is 2.07. The number of rotatable bonds is 7. The maximum Gasteiger partial charge on any atom is 0.339 e. The lowest BCUT2D eigenvalue weighted by Crippen LogP contribution is -2.26. The lowest BCUT2D eigenvalue weighted by Gasteiger charge is -2.16. The van der Waals surface area contributed by atoms with Crippen LogP contribution in [0.25, 0.3) is 0 Å². The van der Waals surface area contributed by atoms with Crippen LogP contribution in [0, 0.1) is 5.92 Å². The highest BCUT2D eigenvalue weighted by Crippen LogP contribution is 2.29. The van der Waals surface area contributed by atoms with Crippen molar-refractivity contribution in [1.82, 2.24) is 4.90 Å². The standard InChI is InChI=1S/C14H19NO3/c1-15(10-11-6-7-11)8-9-18-13-5-3-2-4-12(13)14(16)17/h2-5,11H,6-10H2,1H3,(H,16,17). The lowest BCUT2D eigenvalue weighted by atomic mass is 10.2. The van der Waals surface area contributed by atoms with Gasteiger partial charge < -0.3 is 14.7 Å². The fourth-order valence-corrected chi connectivity index (χ4v) is 1.91. The Balaban J connectivity index is 1.80. The van der Waals surface area contributed by atoms with E-state index in [-0.39, 0.29) is 5.56 Å². The smallest absolute Gasteiger partial charge is 0.339 e. The molecule has 0 aromatic heterocycles. The fraction of sp³-hybridized carbons (Fsp3) is 0.500. The molecule has 0 radical (unpaired) electrons. The van der Waals surface area contributed by atoms with Gasteiger partial charge in [0.15, 0.2) is 0 Å². The third-order valence-corrected chi connectivity index (χ3v) is 3.11. The van der Waals surface area contributed by atoms with E-state index in [9.17, 15) is 4.79 Å². The highest BCUT2D eigenvalue weighted by molar-refractivity contribution is 5.90. The van der Waals surface area contributed by atoms with Crippen LogP contribution in [0.2, 0.25) is 0 Å². The number of hydrogen-bond acceptors (Lipinski definition) is 3. The van der Waals surface area contributed by atoms with E-state index in [1.165, 1.54) is 12.8 Å². The molecule has 0 spiro atoms. The Bertz CT molecular complexity index is 415. The van der Waals surface area contributed by atoms with Crippen LogP contribution < -0.4 is 4.74 Å². The number of carboxylic acids is 1. The second-order valence-electron chi connectivity index (χ2n) is 4.86. The molecule has 0 bridgehead atoms. The number of aromatic carboxylic acids is 1. The summed E-state index contributed by atoms with van der Waals surface area (Å²) in [4.78, 5) is 13.2. The van der Waals surface area contributed by atoms with Crippen molar-refractivity contribution in [3.8, 4) is 5.75 Å². The van der Waals surface area contributed by atoms with Crippen LogP contribution in [0.3, 0.4) is 0 Å². The van der Waals surface area contributed by atoms with Crippen LogP contribution >= 0.6 is 0 Å². The molecule has 0 heterocycles. The fourth-order valence-electron chi connectivity index (χ4n) is 1.91. The first-order valence-electron chi connectivity index (χ1n) is 6.30. The summed E-state index contributed by atoms with van der Waals surface area (Å²) in [5.41, 5.74) is 0.224. The van der Waals surface area contributed by atoms with Crippen LogP contribution in [-0.4, -0.2) is 42.7 Å². The minimum Gasteiger partial charge on any atom is -0.491 e. The molecule has 1 saturated carbocycles. The molecule has 2 rings (SSSR count). The zero-order valence-corrected chi connectivity index (χ0v) is 10.6. The molecule has 1 fully saturated rings. The Hall–Kier alpha value is -1.55. The Morgan fingerprint density at radius 1 is 1.44 bits per heavy atom. The number of benzene rings is 1. The van der Waals surface area contributed by atoms with E-state index in [0.29, 0.717) is 12.4 Å². The van der Waals surface area contributed by atoms with Crippen LogP contribution in [0.1, 0.15) is 23.2 Å². The van der Waals surface area contributed by atoms with Crippen molar-refractivity contribution in [3.63, 3.8) is 0 Å². The second kappa shape index (κ2) is 5.87. The predicted octanol–water partition coefficient (Wildman–Crippen LogP) is 2.11. The Kier molecular flexibility index (Phi) is 4.20. The summed E-state index contributed by atoms with van der Waals surface area (Å²) in [5.74, 6) is 0.364. The van der Waals surface area contributed by atoms with Gasteiger partial charge in [-0.25, -0.2) is 4.79 Å². The zero-order valence-electron chi connectivity index (χ0n) is 10.6. The van der Waals surface area contributed by atoms with Crippen LogP contribution in [0.15, 0.2) is 24.3 Å². The Labute approximate surface area is 107 Å². The summed E-state index contributed by atoms with van der Waals surface area (Å²) >= 11 is 0. The van der Waals surface area contributed by atoms with Gasteiger partial charge in [-0.15, -0.1) is 0 Å². The molecular weight excluding hydrogens is 230 g/mol. The van der Waals surface area contributed by atoms with E-state index in [0.717, 1.165) is 19.0 Å². The first kappa shape index (κ1) is 12.9. The topological polar surface area (TPSA) is 49.8 Å². The van der Waals surface area contributed by atoms with Crippen molar-refractivity contribution < 1.29 is 14.6 Å². The van der Waals surface area contributed by atoms with Gasteiger partial charge >= 0.3 is 5.97 Å². The monoisotopic (exact) mass is 249 g/mol. The number of carboxylic acid groups (broad SMARTS) is 1. The van der Waals surface area contributed by atoms with E-state index < -0.39 is 5.97 Å². The van der Waals surface area contributed by atoms with E-state index >= 15 is 0 Å². The third-order valence-electron chi connectivity index (χ3n) is 3.11. The minimum atomic E-state index is -0.947. The number of ether oxygens (including phenoxy) is 1. The van der Waals surface area contributed by atoms with E-state index in [4.69, 9.17) is 9.84 Å². The number of nitrogens with zero attached hydrogens (tertiary/aromatic N) is 1. The average molecular weight is 249 g/mol. The maximum absolute atomic E-state index is 11.0. The Morgan fingerprint density at radius 2 is 2.17 bits per heavy atom. The Morgan fingerprint density at radius 3 is 2.83 bits per heavy atom. The SMILES string of the molecule is CN(CCOc1ccccc1C(=O)O)CC1CC1. The molecule has 0 atom stereocenters. The third kappa shape index (κ3) is 3.74. The molecule has 0 saturated heterocycles. The number of hydrogen-bond donors (Lipinski definition) is 1. The van der Waals surface area contributed by atoms with Gasteiger partial charge in [0, 0.05) is 13.1 Å². The highest BCUT2D eigenvalue weighted by atomic mass is 16.5. The largest absolute Gasteiger partial charge is 0.491 e. The quantitative estimate of drug-likeness (QED) is 0.804. The molecule has 18 heavy (non-hydrogen) atoms. The highest BCUT2D eigenvalue weighted by Gasteiger charge is 2.22. The molecule has 0 amide bonds. The summed E-state index contributed by atoms with van der Waals surface area (Å²) in [5, 5.41) is 9.01. The van der Waals surface area contributed by atoms with Gasteiger partial charge in [-0.1, -0.05) is 12.1 Å². The van der Waals surface area contributed by atoms with Crippen molar-refractivity contribution >= 4 is 5.97 Å². The molecule has 4 heteroatoms. The summed E-state index contributed by atoms with van der Waals surface area (Å²) < 4.78 is 5.55. The molecule has 0 unspecified atom stereocenters. The molecule has 4 nitrogen and oxygen atoms in total. The molecule has 98 valence electrons. The zero-order chi connectivity index (χ0) is 13.0. The van der Waals surface area contributed by atoms with E-state index in [2.05, 4.69) is 11.9 Å². The first-order valence-corrected chi connectivity index (χ1v) is 6.30. The lowest BCUT2D eigenvalue weighted by molar-refractivity contribution is 0.0692. The van der Waals surface area contributed by atoms with Crippen molar-refractivity contribution in [2.45, 2.75) is 12.8 Å². The van der Waals surface area contributed by atoms with Gasteiger partial charge in [0.2, 0.25) is 0 Å². The van der Waals surface area contributed by atoms with Crippen LogP contribution in [0.5, 0.6) is 5.75 Å². The predicted molar refractivity (Wildman–Crippen MR) is 69.1 cm³/mol. The van der Waals surface area contributed by atoms with Gasteiger partial charge in [-0.2, -0.15) is 0 Å². The molecule has 1 aromatic carbocycles. The number of likely N-dealkylation sites (N-methyl/N-ethyl adjacent to an activating group) is 1. The van der Waals surface area contributed by atoms with Crippen molar-refractivity contribution in [1.29, 1.82) is 0 Å². The van der Waals surface area contributed by atoms with Crippen molar-refractivity contribution in [2.75, 3.05) is 26.7 Å². The van der Waals surface area contributed by atoms with E-state index in [1.807, 2.05) is 0 Å². The molecule has 1 N–H and O–H groups in total. The molecule has 1 aliphatic carbocycles. The van der Waals surface area contributed by atoms with Gasteiger partial charge in [0.1, 0.15) is 17.9 Å².